The van der Waals surface area contributed by atoms with E-state index < -0.39 is 21.6 Å². The molecule has 0 spiro atoms. The van der Waals surface area contributed by atoms with Gasteiger partial charge in [0.15, 0.2) is 9.84 Å². The second-order valence-corrected chi connectivity index (χ2v) is 11.3. The lowest BCUT2D eigenvalue weighted by Crippen LogP contribution is -2.49. The van der Waals surface area contributed by atoms with Crippen molar-refractivity contribution >= 4 is 44.6 Å². The van der Waals surface area contributed by atoms with E-state index in [1.165, 1.54) is 24.3 Å². The first kappa shape index (κ1) is 26.3. The molecule has 5 nitrogen and oxygen atoms in total. The molecule has 4 rings (SSSR count). The Labute approximate surface area is 217 Å². The van der Waals surface area contributed by atoms with Gasteiger partial charge in [-0.25, -0.2) is 8.42 Å². The third kappa shape index (κ3) is 5.63. The Morgan fingerprint density at radius 1 is 0.861 bits per heavy atom. The Hall–Kier alpha value is -2.75. The minimum Gasteiger partial charge on any atom is -0.368 e. The van der Waals surface area contributed by atoms with Gasteiger partial charge in [-0.15, -0.1) is 0 Å². The number of hydrogen-bond acceptors (Lipinski definition) is 4. The van der Waals surface area contributed by atoms with E-state index in [-0.39, 0.29) is 16.4 Å². The van der Waals surface area contributed by atoms with Crippen molar-refractivity contribution in [3.8, 4) is 11.1 Å². The third-order valence-corrected chi connectivity index (χ3v) is 7.66. The van der Waals surface area contributed by atoms with Crippen LogP contribution in [0, 0.1) is 0 Å². The smallest absolute Gasteiger partial charge is 0.368 e. The predicted molar refractivity (Wildman–Crippen MR) is 135 cm³/mol. The van der Waals surface area contributed by atoms with Gasteiger partial charge in [0, 0.05) is 59.3 Å². The number of amides is 1. The molecule has 1 aliphatic rings. The van der Waals surface area contributed by atoms with E-state index in [1.54, 1.807) is 29.2 Å². The third-order valence-electron chi connectivity index (χ3n) is 6.00. The van der Waals surface area contributed by atoms with Gasteiger partial charge in [0.25, 0.3) is 5.91 Å². The first-order valence-corrected chi connectivity index (χ1v) is 13.5. The van der Waals surface area contributed by atoms with Crippen LogP contribution in [0.1, 0.15) is 15.9 Å². The topological polar surface area (TPSA) is 57.7 Å². The molecular weight excluding hydrogens is 536 g/mol. The summed E-state index contributed by atoms with van der Waals surface area (Å²) in [6, 6.07) is 14.1. The van der Waals surface area contributed by atoms with E-state index in [2.05, 4.69) is 0 Å². The second-order valence-electron chi connectivity index (χ2n) is 8.43. The maximum Gasteiger partial charge on any atom is 0.416 e. The molecule has 0 aliphatic carbocycles. The van der Waals surface area contributed by atoms with Gasteiger partial charge < -0.3 is 9.80 Å². The maximum absolute atomic E-state index is 13.6. The van der Waals surface area contributed by atoms with Crippen LogP contribution in [0.4, 0.5) is 18.9 Å². The molecule has 1 heterocycles. The van der Waals surface area contributed by atoms with Crippen molar-refractivity contribution in [3.63, 3.8) is 0 Å². The number of hydrogen-bond donors (Lipinski definition) is 0. The minimum absolute atomic E-state index is 0.00285. The number of sulfone groups is 1. The largest absolute Gasteiger partial charge is 0.416 e. The molecular formula is C25H21Cl2F3N2O3S. The first-order chi connectivity index (χ1) is 16.8. The zero-order valence-corrected chi connectivity index (χ0v) is 21.3. The van der Waals surface area contributed by atoms with Gasteiger partial charge in [0.1, 0.15) is 0 Å². The van der Waals surface area contributed by atoms with Crippen molar-refractivity contribution in [1.29, 1.82) is 0 Å². The molecule has 1 fully saturated rings. The van der Waals surface area contributed by atoms with Crippen LogP contribution in [0.2, 0.25) is 10.0 Å². The van der Waals surface area contributed by atoms with Crippen LogP contribution in [0.3, 0.4) is 0 Å². The van der Waals surface area contributed by atoms with Gasteiger partial charge in [-0.3, -0.25) is 4.79 Å². The van der Waals surface area contributed by atoms with Crippen molar-refractivity contribution < 1.29 is 26.4 Å². The van der Waals surface area contributed by atoms with Crippen LogP contribution in [-0.2, 0) is 16.0 Å². The number of carbonyl (C=O) groups is 1. The maximum atomic E-state index is 13.6. The molecule has 0 radical (unpaired) electrons. The van der Waals surface area contributed by atoms with Gasteiger partial charge in [0.2, 0.25) is 0 Å². The number of halogens is 5. The van der Waals surface area contributed by atoms with Crippen molar-refractivity contribution in [3.05, 3.63) is 81.8 Å². The standard InChI is InChI=1S/C25H21Cl2F3N2O3S/c1-36(34,35)19-7-9-20(21-8-4-17(26)14-23(21)27)22(15-19)24(33)32-12-10-31(11-13-32)18-5-2-16(3-6-18)25(28,29)30/h2-9,14-15H,10-13H2,1H3. The van der Waals surface area contributed by atoms with E-state index in [9.17, 15) is 26.4 Å². The van der Waals surface area contributed by atoms with Crippen LogP contribution in [-0.4, -0.2) is 51.7 Å². The van der Waals surface area contributed by atoms with Crippen molar-refractivity contribution in [2.24, 2.45) is 0 Å². The van der Waals surface area contributed by atoms with Crippen molar-refractivity contribution in [2.75, 3.05) is 37.3 Å². The van der Waals surface area contributed by atoms with Gasteiger partial charge >= 0.3 is 6.18 Å². The summed E-state index contributed by atoms with van der Waals surface area (Å²) in [4.78, 5) is 17.1. The van der Waals surface area contributed by atoms with Crippen LogP contribution >= 0.6 is 23.2 Å². The summed E-state index contributed by atoms with van der Waals surface area (Å²) in [5, 5.41) is 0.736. The fourth-order valence-electron chi connectivity index (χ4n) is 4.07. The molecule has 0 atom stereocenters. The Morgan fingerprint density at radius 3 is 2.03 bits per heavy atom. The number of piperazine rings is 1. The van der Waals surface area contributed by atoms with Gasteiger partial charge in [-0.2, -0.15) is 13.2 Å². The molecule has 1 saturated heterocycles. The highest BCUT2D eigenvalue weighted by atomic mass is 35.5. The monoisotopic (exact) mass is 556 g/mol. The van der Waals surface area contributed by atoms with E-state index in [0.29, 0.717) is 53.0 Å². The van der Waals surface area contributed by atoms with Crippen molar-refractivity contribution in [1.82, 2.24) is 4.90 Å². The Morgan fingerprint density at radius 2 is 1.47 bits per heavy atom. The SMILES string of the molecule is CS(=O)(=O)c1ccc(-c2ccc(Cl)cc2Cl)c(C(=O)N2CCN(c3ccc(C(F)(F)F)cc3)CC2)c1. The number of benzene rings is 3. The highest BCUT2D eigenvalue weighted by Crippen LogP contribution is 2.35. The van der Waals surface area contributed by atoms with Crippen molar-refractivity contribution in [2.45, 2.75) is 11.1 Å². The Kier molecular flexibility index (Phi) is 7.28. The molecule has 0 aromatic heterocycles. The molecule has 0 bridgehead atoms. The highest BCUT2D eigenvalue weighted by Gasteiger charge is 2.31. The lowest BCUT2D eigenvalue weighted by atomic mass is 9.98. The fourth-order valence-corrected chi connectivity index (χ4v) is 5.23. The summed E-state index contributed by atoms with van der Waals surface area (Å²) >= 11 is 12.4. The van der Waals surface area contributed by atoms with Crippen LogP contribution in [0.25, 0.3) is 11.1 Å². The first-order valence-electron chi connectivity index (χ1n) is 10.9. The molecule has 3 aromatic carbocycles. The minimum atomic E-state index is -4.41. The average molecular weight is 557 g/mol. The van der Waals surface area contributed by atoms with Crippen LogP contribution < -0.4 is 4.90 Å². The lowest BCUT2D eigenvalue weighted by molar-refractivity contribution is -0.137. The molecule has 11 heteroatoms. The van der Waals surface area contributed by atoms with Crippen LogP contribution in [0.15, 0.2) is 65.6 Å². The average Bonchev–Trinajstić information content (AvgIpc) is 2.82. The number of rotatable bonds is 4. The van der Waals surface area contributed by atoms with Gasteiger partial charge in [0.05, 0.1) is 10.5 Å². The molecule has 190 valence electrons. The van der Waals surface area contributed by atoms with E-state index in [1.807, 2.05) is 4.90 Å². The highest BCUT2D eigenvalue weighted by molar-refractivity contribution is 7.90. The molecule has 0 N–H and O–H groups in total. The Bertz CT molecular complexity index is 1400. The normalized spacial score (nSPS) is 14.7. The summed E-state index contributed by atoms with van der Waals surface area (Å²) in [5.41, 5.74) is 1.10. The Balaban J connectivity index is 1.60. The summed E-state index contributed by atoms with van der Waals surface area (Å²) in [7, 11) is -3.58. The molecule has 36 heavy (non-hydrogen) atoms. The summed E-state index contributed by atoms with van der Waals surface area (Å²) < 4.78 is 62.9. The molecule has 3 aromatic rings. The van der Waals surface area contributed by atoms with Gasteiger partial charge in [-0.05, 0) is 54.1 Å². The van der Waals surface area contributed by atoms with E-state index in [0.717, 1.165) is 18.4 Å². The number of alkyl halides is 3. The number of anilines is 1. The zero-order valence-electron chi connectivity index (χ0n) is 19.0. The fraction of sp³-hybridized carbons (Fsp3) is 0.240. The second kappa shape index (κ2) is 9.95. The summed E-state index contributed by atoms with van der Waals surface area (Å²) in [6.45, 7) is 1.41. The molecule has 0 unspecified atom stereocenters. The molecule has 0 saturated carbocycles. The van der Waals surface area contributed by atoms with Gasteiger partial charge in [-0.1, -0.05) is 35.3 Å². The lowest BCUT2D eigenvalue weighted by Gasteiger charge is -2.36. The molecule has 1 amide bonds. The number of carbonyl (C=O) groups excluding carboxylic acids is 1. The zero-order chi connectivity index (χ0) is 26.3. The van der Waals surface area contributed by atoms with E-state index in [4.69, 9.17) is 23.2 Å². The molecule has 1 aliphatic heterocycles. The summed E-state index contributed by atoms with van der Waals surface area (Å²) in [5.74, 6) is -0.367. The van der Waals surface area contributed by atoms with Crippen LogP contribution in [0.5, 0.6) is 0 Å². The summed E-state index contributed by atoms with van der Waals surface area (Å²) in [6.07, 6.45) is -3.34. The quantitative estimate of drug-likeness (QED) is 0.392. The number of nitrogens with zero attached hydrogens (tertiary/aromatic N) is 2. The van der Waals surface area contributed by atoms with E-state index >= 15 is 0 Å². The predicted octanol–water partition coefficient (Wildman–Crippen LogP) is 6.05.